The number of alkyl halides is 3. The molecule has 2 rings (SSSR count). The lowest BCUT2D eigenvalue weighted by molar-refractivity contribution is -0.137. The predicted octanol–water partition coefficient (Wildman–Crippen LogP) is 2.80. The molecule has 0 amide bonds. The molecule has 4 nitrogen and oxygen atoms in total. The molecular formula is C12H9F3N2O2. The van der Waals surface area contributed by atoms with Crippen LogP contribution >= 0.6 is 0 Å². The van der Waals surface area contributed by atoms with Crippen molar-refractivity contribution < 1.29 is 23.1 Å². The molecule has 0 aliphatic heterocycles. The Morgan fingerprint density at radius 3 is 2.63 bits per heavy atom. The summed E-state index contributed by atoms with van der Waals surface area (Å²) in [5.41, 5.74) is -0.784. The molecule has 0 saturated carbocycles. The van der Waals surface area contributed by atoms with E-state index in [0.717, 1.165) is 12.1 Å². The van der Waals surface area contributed by atoms with Gasteiger partial charge >= 0.3 is 12.1 Å². The summed E-state index contributed by atoms with van der Waals surface area (Å²) in [5.74, 6) is -1.28. The van der Waals surface area contributed by atoms with Crippen molar-refractivity contribution in [3.63, 3.8) is 0 Å². The van der Waals surface area contributed by atoms with Gasteiger partial charge in [-0.05, 0) is 17.7 Å². The van der Waals surface area contributed by atoms with E-state index in [1.165, 1.54) is 30.1 Å². The monoisotopic (exact) mass is 270 g/mol. The van der Waals surface area contributed by atoms with Crippen LogP contribution in [0, 0.1) is 0 Å². The first kappa shape index (κ1) is 13.1. The van der Waals surface area contributed by atoms with Gasteiger partial charge in [0.15, 0.2) is 5.69 Å². The largest absolute Gasteiger partial charge is 0.476 e. The fraction of sp³-hybridized carbons (Fsp3) is 0.167. The van der Waals surface area contributed by atoms with Gasteiger partial charge in [0, 0.05) is 18.8 Å². The van der Waals surface area contributed by atoms with Gasteiger partial charge in [0.25, 0.3) is 0 Å². The Labute approximate surface area is 106 Å². The molecule has 0 aliphatic carbocycles. The maximum absolute atomic E-state index is 12.6. The Morgan fingerprint density at radius 2 is 2.05 bits per heavy atom. The van der Waals surface area contributed by atoms with Crippen LogP contribution in [0.15, 0.2) is 30.5 Å². The first-order valence-corrected chi connectivity index (χ1v) is 5.23. The summed E-state index contributed by atoms with van der Waals surface area (Å²) < 4.78 is 39.1. The molecule has 19 heavy (non-hydrogen) atoms. The molecule has 1 aromatic carbocycles. The van der Waals surface area contributed by atoms with Gasteiger partial charge in [-0.25, -0.2) is 4.79 Å². The molecule has 2 aromatic rings. The van der Waals surface area contributed by atoms with Crippen molar-refractivity contribution in [2.24, 2.45) is 7.05 Å². The molecular weight excluding hydrogens is 261 g/mol. The van der Waals surface area contributed by atoms with Gasteiger partial charge in [-0.2, -0.15) is 18.3 Å². The van der Waals surface area contributed by atoms with Crippen LogP contribution in [0.25, 0.3) is 11.1 Å². The number of hydrogen-bond acceptors (Lipinski definition) is 2. The number of aryl methyl sites for hydroxylation is 1. The number of hydrogen-bond donors (Lipinski definition) is 1. The van der Waals surface area contributed by atoms with Gasteiger partial charge in [0.1, 0.15) is 0 Å². The Bertz CT molecular complexity index is 632. The molecule has 0 unspecified atom stereocenters. The van der Waals surface area contributed by atoms with E-state index in [9.17, 15) is 18.0 Å². The number of rotatable bonds is 2. The number of aromatic nitrogens is 2. The van der Waals surface area contributed by atoms with Crippen molar-refractivity contribution >= 4 is 5.97 Å². The van der Waals surface area contributed by atoms with Crippen LogP contribution in [-0.4, -0.2) is 20.9 Å². The van der Waals surface area contributed by atoms with E-state index in [0.29, 0.717) is 0 Å². The molecule has 1 aromatic heterocycles. The van der Waals surface area contributed by atoms with Crippen LogP contribution in [0.3, 0.4) is 0 Å². The third kappa shape index (κ3) is 2.59. The van der Waals surface area contributed by atoms with E-state index in [2.05, 4.69) is 5.10 Å². The number of aromatic carboxylic acids is 1. The fourth-order valence-electron chi connectivity index (χ4n) is 1.72. The van der Waals surface area contributed by atoms with Crippen LogP contribution < -0.4 is 0 Å². The van der Waals surface area contributed by atoms with E-state index in [1.807, 2.05) is 0 Å². The third-order valence-electron chi connectivity index (χ3n) is 2.53. The van der Waals surface area contributed by atoms with E-state index in [1.54, 1.807) is 0 Å². The lowest BCUT2D eigenvalue weighted by atomic mass is 10.0. The lowest BCUT2D eigenvalue weighted by Gasteiger charge is -2.08. The van der Waals surface area contributed by atoms with Crippen LogP contribution in [0.2, 0.25) is 0 Å². The van der Waals surface area contributed by atoms with Crippen LogP contribution in [0.1, 0.15) is 16.1 Å². The van der Waals surface area contributed by atoms with Gasteiger partial charge in [0.2, 0.25) is 0 Å². The molecule has 0 atom stereocenters. The van der Waals surface area contributed by atoms with Crippen molar-refractivity contribution in [3.05, 3.63) is 41.7 Å². The number of carbonyl (C=O) groups is 1. The second kappa shape index (κ2) is 4.42. The van der Waals surface area contributed by atoms with Crippen LogP contribution in [0.4, 0.5) is 13.2 Å². The van der Waals surface area contributed by atoms with Gasteiger partial charge in [-0.1, -0.05) is 12.1 Å². The van der Waals surface area contributed by atoms with E-state index in [4.69, 9.17) is 5.11 Å². The van der Waals surface area contributed by atoms with E-state index < -0.39 is 17.7 Å². The molecule has 1 N–H and O–H groups in total. The summed E-state index contributed by atoms with van der Waals surface area (Å²) in [6, 6.07) is 4.49. The first-order chi connectivity index (χ1) is 8.79. The molecule has 0 bridgehead atoms. The zero-order chi connectivity index (χ0) is 14.2. The smallest absolute Gasteiger partial charge is 0.416 e. The van der Waals surface area contributed by atoms with Crippen molar-refractivity contribution in [1.29, 1.82) is 0 Å². The van der Waals surface area contributed by atoms with Crippen LogP contribution in [-0.2, 0) is 13.2 Å². The zero-order valence-electron chi connectivity index (χ0n) is 9.77. The number of carboxylic acid groups (broad SMARTS) is 1. The average molecular weight is 270 g/mol. The third-order valence-corrected chi connectivity index (χ3v) is 2.53. The number of benzene rings is 1. The Kier molecular flexibility index (Phi) is 3.05. The minimum absolute atomic E-state index is 0.154. The van der Waals surface area contributed by atoms with E-state index >= 15 is 0 Å². The Hall–Kier alpha value is -2.31. The molecule has 0 aliphatic rings. The predicted molar refractivity (Wildman–Crippen MR) is 60.6 cm³/mol. The lowest BCUT2D eigenvalue weighted by Crippen LogP contribution is -2.05. The molecule has 0 spiro atoms. The van der Waals surface area contributed by atoms with Crippen molar-refractivity contribution in [2.75, 3.05) is 0 Å². The SMILES string of the molecule is Cn1cc(-c2cccc(C(F)(F)F)c2)c(C(=O)O)n1. The van der Waals surface area contributed by atoms with Gasteiger partial charge in [-0.15, -0.1) is 0 Å². The van der Waals surface area contributed by atoms with Crippen molar-refractivity contribution in [2.45, 2.75) is 6.18 Å². The minimum atomic E-state index is -4.47. The summed E-state index contributed by atoms with van der Waals surface area (Å²) in [6.07, 6.45) is -3.10. The van der Waals surface area contributed by atoms with Gasteiger partial charge in [-0.3, -0.25) is 4.68 Å². The van der Waals surface area contributed by atoms with Gasteiger partial charge < -0.3 is 5.11 Å². The Balaban J connectivity index is 2.57. The van der Waals surface area contributed by atoms with Gasteiger partial charge in [0.05, 0.1) is 5.56 Å². The molecule has 0 fully saturated rings. The highest BCUT2D eigenvalue weighted by Crippen LogP contribution is 2.32. The van der Waals surface area contributed by atoms with Crippen molar-refractivity contribution in [1.82, 2.24) is 9.78 Å². The number of halogens is 3. The summed E-state index contributed by atoms with van der Waals surface area (Å²) in [6.45, 7) is 0. The van der Waals surface area contributed by atoms with Crippen molar-refractivity contribution in [3.8, 4) is 11.1 Å². The molecule has 7 heteroatoms. The quantitative estimate of drug-likeness (QED) is 0.912. The minimum Gasteiger partial charge on any atom is -0.476 e. The second-order valence-electron chi connectivity index (χ2n) is 3.95. The number of nitrogens with zero attached hydrogens (tertiary/aromatic N) is 2. The standard InChI is InChI=1S/C12H9F3N2O2/c1-17-6-9(10(16-17)11(18)19)7-3-2-4-8(5-7)12(13,14)15/h2-6H,1H3,(H,18,19). The highest BCUT2D eigenvalue weighted by atomic mass is 19.4. The normalized spacial score (nSPS) is 11.6. The molecule has 100 valence electrons. The topological polar surface area (TPSA) is 55.1 Å². The fourth-order valence-corrected chi connectivity index (χ4v) is 1.72. The number of carboxylic acids is 1. The summed E-state index contributed by atoms with van der Waals surface area (Å²) in [4.78, 5) is 11.0. The maximum Gasteiger partial charge on any atom is 0.416 e. The summed E-state index contributed by atoms with van der Waals surface area (Å²) in [5, 5.41) is 12.7. The highest BCUT2D eigenvalue weighted by molar-refractivity contribution is 5.93. The molecule has 0 radical (unpaired) electrons. The Morgan fingerprint density at radius 1 is 1.37 bits per heavy atom. The second-order valence-corrected chi connectivity index (χ2v) is 3.95. The zero-order valence-corrected chi connectivity index (χ0v) is 9.77. The summed E-state index contributed by atoms with van der Waals surface area (Å²) in [7, 11) is 1.50. The van der Waals surface area contributed by atoms with Crippen LogP contribution in [0.5, 0.6) is 0 Å². The van der Waals surface area contributed by atoms with E-state index in [-0.39, 0.29) is 16.8 Å². The molecule has 1 heterocycles. The highest BCUT2D eigenvalue weighted by Gasteiger charge is 2.31. The summed E-state index contributed by atoms with van der Waals surface area (Å²) >= 11 is 0. The maximum atomic E-state index is 12.6. The average Bonchev–Trinajstić information content (AvgIpc) is 2.71. The molecule has 0 saturated heterocycles. The first-order valence-electron chi connectivity index (χ1n) is 5.23.